The molecule has 0 N–H and O–H groups in total. The van der Waals surface area contributed by atoms with Gasteiger partial charge in [0.05, 0.1) is 4.83 Å². The van der Waals surface area contributed by atoms with Crippen molar-refractivity contribution < 1.29 is 4.79 Å². The fraction of sp³-hybridized carbons (Fsp3) is 0.118. The molecule has 0 saturated carbocycles. The first-order valence-electron chi connectivity index (χ1n) is 6.37. The number of carbonyl (C=O) groups excluding carboxylic acids is 1. The first kappa shape index (κ1) is 13.8. The Balaban J connectivity index is 2.37. The number of hydrogen-bond acceptors (Lipinski definition) is 1. The Morgan fingerprint density at radius 2 is 1.55 bits per heavy atom. The van der Waals surface area contributed by atoms with E-state index in [1.54, 1.807) is 0 Å². The molecule has 1 unspecified atom stereocenters. The van der Waals surface area contributed by atoms with Gasteiger partial charge >= 0.3 is 0 Å². The molecule has 1 atom stereocenters. The summed E-state index contributed by atoms with van der Waals surface area (Å²) in [5, 5.41) is 5.03. The molecule has 1 nitrogen and oxygen atoms in total. The Bertz CT molecular complexity index is 795. The summed E-state index contributed by atoms with van der Waals surface area (Å²) in [6.07, 6.45) is 0. The highest BCUT2D eigenvalue weighted by Crippen LogP contribution is 2.30. The summed E-state index contributed by atoms with van der Waals surface area (Å²) in [7, 11) is 0. The van der Waals surface area contributed by atoms with Crippen LogP contribution in [0.2, 0.25) is 0 Å². The Morgan fingerprint density at radius 1 is 0.950 bits per heavy atom. The Hall–Kier alpha value is -1.19. The fourth-order valence-electron chi connectivity index (χ4n) is 2.50. The predicted molar refractivity (Wildman–Crippen MR) is 92.3 cm³/mol. The van der Waals surface area contributed by atoms with Gasteiger partial charge in [0.1, 0.15) is 0 Å². The van der Waals surface area contributed by atoms with E-state index in [2.05, 4.69) is 50.1 Å². The van der Waals surface area contributed by atoms with Crippen LogP contribution in [0.1, 0.15) is 10.4 Å². The average molecular weight is 392 g/mol. The lowest BCUT2D eigenvalue weighted by atomic mass is 9.94. The highest BCUT2D eigenvalue weighted by Gasteiger charge is 2.19. The maximum atomic E-state index is 12.6. The van der Waals surface area contributed by atoms with Crippen LogP contribution < -0.4 is 0 Å². The van der Waals surface area contributed by atoms with Crippen molar-refractivity contribution in [2.75, 3.05) is 5.33 Å². The predicted octanol–water partition coefficient (Wildman–Crippen LogP) is 5.33. The van der Waals surface area contributed by atoms with E-state index in [4.69, 9.17) is 0 Å². The van der Waals surface area contributed by atoms with Crippen LogP contribution >= 0.6 is 31.9 Å². The zero-order chi connectivity index (χ0) is 14.1. The van der Waals surface area contributed by atoms with Crippen molar-refractivity contribution in [2.24, 2.45) is 0 Å². The minimum atomic E-state index is -0.202. The Kier molecular flexibility index (Phi) is 3.90. The largest absolute Gasteiger partial charge is 0.293 e. The molecule has 0 aromatic heterocycles. The van der Waals surface area contributed by atoms with Gasteiger partial charge in [-0.05, 0) is 27.6 Å². The molecule has 0 aliphatic carbocycles. The van der Waals surface area contributed by atoms with E-state index in [1.807, 2.05) is 36.4 Å². The smallest absolute Gasteiger partial charge is 0.177 e. The van der Waals surface area contributed by atoms with Crippen molar-refractivity contribution in [1.82, 2.24) is 0 Å². The van der Waals surface area contributed by atoms with Crippen LogP contribution in [0.5, 0.6) is 0 Å². The topological polar surface area (TPSA) is 17.1 Å². The van der Waals surface area contributed by atoms with Gasteiger partial charge in [-0.3, -0.25) is 4.79 Å². The van der Waals surface area contributed by atoms with Crippen LogP contribution in [0.4, 0.5) is 0 Å². The molecule has 20 heavy (non-hydrogen) atoms. The third-order valence-electron chi connectivity index (χ3n) is 3.45. The molecule has 3 heteroatoms. The molecule has 0 spiro atoms. The van der Waals surface area contributed by atoms with Crippen molar-refractivity contribution in [1.29, 1.82) is 0 Å². The van der Waals surface area contributed by atoms with E-state index in [-0.39, 0.29) is 10.6 Å². The quantitative estimate of drug-likeness (QED) is 0.335. The lowest BCUT2D eigenvalue weighted by molar-refractivity contribution is 0.0999. The first-order valence-corrected chi connectivity index (χ1v) is 8.41. The third-order valence-corrected chi connectivity index (χ3v) is 5.71. The van der Waals surface area contributed by atoms with Crippen molar-refractivity contribution >= 4 is 59.2 Å². The van der Waals surface area contributed by atoms with Gasteiger partial charge in [-0.25, -0.2) is 0 Å². The van der Waals surface area contributed by atoms with E-state index in [0.717, 1.165) is 21.7 Å². The summed E-state index contributed by atoms with van der Waals surface area (Å²) in [4.78, 5) is 12.4. The maximum absolute atomic E-state index is 12.6. The highest BCUT2D eigenvalue weighted by atomic mass is 79.9. The molecule has 0 aliphatic heterocycles. The SMILES string of the molecule is O=C(c1cc2ccccc2c2ccccc12)C(Br)CBr. The summed E-state index contributed by atoms with van der Waals surface area (Å²) in [5.41, 5.74) is 0.778. The first-order chi connectivity index (χ1) is 9.72. The minimum Gasteiger partial charge on any atom is -0.293 e. The van der Waals surface area contributed by atoms with Crippen LogP contribution in [0.25, 0.3) is 21.5 Å². The second-order valence-corrected chi connectivity index (χ2v) is 6.43. The van der Waals surface area contributed by atoms with Gasteiger partial charge in [-0.1, -0.05) is 80.4 Å². The third kappa shape index (κ3) is 2.29. The van der Waals surface area contributed by atoms with Gasteiger partial charge in [0, 0.05) is 10.9 Å². The van der Waals surface area contributed by atoms with Crippen LogP contribution in [0.3, 0.4) is 0 Å². The molecule has 3 aromatic carbocycles. The number of rotatable bonds is 3. The molecule has 3 rings (SSSR count). The van der Waals surface area contributed by atoms with Crippen LogP contribution in [-0.2, 0) is 0 Å². The lowest BCUT2D eigenvalue weighted by Crippen LogP contribution is -2.15. The molecule has 100 valence electrons. The van der Waals surface area contributed by atoms with E-state index in [0.29, 0.717) is 5.33 Å². The second kappa shape index (κ2) is 5.66. The van der Waals surface area contributed by atoms with E-state index in [9.17, 15) is 4.79 Å². The number of alkyl halides is 2. The van der Waals surface area contributed by atoms with Gasteiger partial charge in [-0.15, -0.1) is 0 Å². The zero-order valence-electron chi connectivity index (χ0n) is 10.6. The molecule has 0 bridgehead atoms. The van der Waals surface area contributed by atoms with Gasteiger partial charge in [0.25, 0.3) is 0 Å². The zero-order valence-corrected chi connectivity index (χ0v) is 13.8. The van der Waals surface area contributed by atoms with Gasteiger partial charge in [-0.2, -0.15) is 0 Å². The molecular weight excluding hydrogens is 380 g/mol. The van der Waals surface area contributed by atoms with Crippen molar-refractivity contribution in [3.8, 4) is 0 Å². The standard InChI is InChI=1S/C17H12Br2O/c18-10-16(19)17(20)15-9-11-5-1-2-6-12(11)13-7-3-4-8-14(13)15/h1-9,16H,10H2. The number of ketones is 1. The summed E-state index contributed by atoms with van der Waals surface area (Å²) in [5.74, 6) is 0.115. The molecule has 0 fully saturated rings. The van der Waals surface area contributed by atoms with Crippen LogP contribution in [-0.4, -0.2) is 15.9 Å². The maximum Gasteiger partial charge on any atom is 0.177 e. The van der Waals surface area contributed by atoms with Crippen LogP contribution in [0.15, 0.2) is 54.6 Å². The Labute approximate surface area is 134 Å². The number of benzene rings is 3. The monoisotopic (exact) mass is 390 g/mol. The van der Waals surface area contributed by atoms with Gasteiger partial charge in [0.15, 0.2) is 5.78 Å². The highest BCUT2D eigenvalue weighted by molar-refractivity contribution is 9.12. The summed E-state index contributed by atoms with van der Waals surface area (Å²) >= 11 is 6.79. The minimum absolute atomic E-state index is 0.115. The fourth-order valence-corrected chi connectivity index (χ4v) is 3.04. The number of carbonyl (C=O) groups is 1. The van der Waals surface area contributed by atoms with E-state index < -0.39 is 0 Å². The molecule has 0 aliphatic rings. The van der Waals surface area contributed by atoms with Crippen LogP contribution in [0, 0.1) is 0 Å². The number of Topliss-reactive ketones (excluding diaryl/α,β-unsaturated/α-hetero) is 1. The molecule has 0 heterocycles. The summed E-state index contributed by atoms with van der Waals surface area (Å²) in [6, 6.07) is 18.3. The number of hydrogen-bond donors (Lipinski definition) is 0. The molecule has 3 aromatic rings. The van der Waals surface area contributed by atoms with E-state index in [1.165, 1.54) is 5.39 Å². The van der Waals surface area contributed by atoms with Gasteiger partial charge < -0.3 is 0 Å². The Morgan fingerprint density at radius 3 is 2.25 bits per heavy atom. The van der Waals surface area contributed by atoms with E-state index >= 15 is 0 Å². The molecule has 0 amide bonds. The summed E-state index contributed by atoms with van der Waals surface area (Å²) < 4.78 is 0. The molecular formula is C17H12Br2O. The average Bonchev–Trinajstić information content (AvgIpc) is 2.52. The number of fused-ring (bicyclic) bond motifs is 3. The number of halogens is 2. The normalized spacial score (nSPS) is 12.7. The summed E-state index contributed by atoms with van der Waals surface area (Å²) in [6.45, 7) is 0. The molecule has 0 saturated heterocycles. The van der Waals surface area contributed by atoms with Crippen molar-refractivity contribution in [3.63, 3.8) is 0 Å². The van der Waals surface area contributed by atoms with Crippen molar-refractivity contribution in [2.45, 2.75) is 4.83 Å². The molecule has 0 radical (unpaired) electrons. The van der Waals surface area contributed by atoms with Gasteiger partial charge in [0.2, 0.25) is 0 Å². The second-order valence-electron chi connectivity index (χ2n) is 4.68. The van der Waals surface area contributed by atoms with Crippen molar-refractivity contribution in [3.05, 3.63) is 60.2 Å². The lowest BCUT2D eigenvalue weighted by Gasteiger charge is -2.11.